The van der Waals surface area contributed by atoms with E-state index < -0.39 is 10.8 Å². The molecule has 0 saturated heterocycles. The molecule has 0 amide bonds. The van der Waals surface area contributed by atoms with Crippen molar-refractivity contribution in [2.24, 2.45) is 7.05 Å². The highest BCUT2D eigenvalue weighted by molar-refractivity contribution is 7.84. The lowest BCUT2D eigenvalue weighted by molar-refractivity contribution is 0.676. The van der Waals surface area contributed by atoms with Crippen molar-refractivity contribution in [3.05, 3.63) is 51.4 Å². The molecule has 0 aliphatic heterocycles. The monoisotopic (exact) mass is 270 g/mol. The van der Waals surface area contributed by atoms with E-state index in [9.17, 15) is 9.00 Å². The first-order valence-electron chi connectivity index (χ1n) is 4.95. The SMILES string of the molecule is Cn1[nH]c(=O)cc1CS(=O)c1ccc(Cl)cc1. The maximum absolute atomic E-state index is 12.0. The van der Waals surface area contributed by atoms with Gasteiger partial charge in [0.2, 0.25) is 0 Å². The fourth-order valence-electron chi connectivity index (χ4n) is 1.46. The van der Waals surface area contributed by atoms with Gasteiger partial charge in [0.25, 0.3) is 5.56 Å². The molecule has 1 aromatic heterocycles. The summed E-state index contributed by atoms with van der Waals surface area (Å²) >= 11 is 5.76. The molecule has 0 bridgehead atoms. The van der Waals surface area contributed by atoms with Gasteiger partial charge in [-0.3, -0.25) is 18.8 Å². The Hall–Kier alpha value is -1.33. The second-order valence-electron chi connectivity index (χ2n) is 3.61. The predicted molar refractivity (Wildman–Crippen MR) is 67.6 cm³/mol. The molecule has 0 radical (unpaired) electrons. The second kappa shape index (κ2) is 4.89. The quantitative estimate of drug-likeness (QED) is 0.922. The molecule has 2 rings (SSSR count). The zero-order valence-corrected chi connectivity index (χ0v) is 10.7. The summed E-state index contributed by atoms with van der Waals surface area (Å²) in [6.45, 7) is 0. The molecule has 0 spiro atoms. The Morgan fingerprint density at radius 3 is 2.53 bits per heavy atom. The van der Waals surface area contributed by atoms with E-state index in [1.54, 1.807) is 36.0 Å². The third-order valence-corrected chi connectivity index (χ3v) is 3.97. The number of aromatic nitrogens is 2. The summed E-state index contributed by atoms with van der Waals surface area (Å²) in [6, 6.07) is 8.30. The van der Waals surface area contributed by atoms with Crippen molar-refractivity contribution < 1.29 is 4.21 Å². The van der Waals surface area contributed by atoms with Gasteiger partial charge >= 0.3 is 0 Å². The minimum atomic E-state index is -1.18. The zero-order chi connectivity index (χ0) is 12.4. The van der Waals surface area contributed by atoms with Gasteiger partial charge in [0.05, 0.1) is 22.2 Å². The highest BCUT2D eigenvalue weighted by atomic mass is 35.5. The van der Waals surface area contributed by atoms with E-state index >= 15 is 0 Å². The van der Waals surface area contributed by atoms with Crippen LogP contribution >= 0.6 is 11.6 Å². The van der Waals surface area contributed by atoms with Crippen molar-refractivity contribution in [2.75, 3.05) is 0 Å². The van der Waals surface area contributed by atoms with Crippen molar-refractivity contribution in [3.63, 3.8) is 0 Å². The van der Waals surface area contributed by atoms with E-state index in [2.05, 4.69) is 5.10 Å². The largest absolute Gasteiger partial charge is 0.291 e. The highest BCUT2D eigenvalue weighted by Crippen LogP contribution is 2.14. The summed E-state index contributed by atoms with van der Waals surface area (Å²) in [4.78, 5) is 11.8. The van der Waals surface area contributed by atoms with Crippen LogP contribution in [0.25, 0.3) is 0 Å². The van der Waals surface area contributed by atoms with E-state index in [0.717, 1.165) is 0 Å². The number of aryl methyl sites for hydroxylation is 1. The molecular formula is C11H11ClN2O2S. The summed E-state index contributed by atoms with van der Waals surface area (Å²) < 4.78 is 13.6. The molecule has 0 saturated carbocycles. The van der Waals surface area contributed by atoms with Gasteiger partial charge in [0, 0.05) is 23.0 Å². The number of nitrogens with zero attached hydrogens (tertiary/aromatic N) is 1. The Labute approximate surface area is 106 Å². The lowest BCUT2D eigenvalue weighted by atomic mass is 10.4. The van der Waals surface area contributed by atoms with Crippen molar-refractivity contribution in [1.29, 1.82) is 0 Å². The fourth-order valence-corrected chi connectivity index (χ4v) is 2.74. The van der Waals surface area contributed by atoms with Gasteiger partial charge < -0.3 is 0 Å². The van der Waals surface area contributed by atoms with Crippen LogP contribution in [0.15, 0.2) is 40.0 Å². The molecule has 1 N–H and O–H groups in total. The summed E-state index contributed by atoms with van der Waals surface area (Å²) in [7, 11) is 0.540. The van der Waals surface area contributed by atoms with Crippen LogP contribution in [-0.2, 0) is 23.6 Å². The molecule has 0 aliphatic rings. The van der Waals surface area contributed by atoms with Crippen LogP contribution in [0.4, 0.5) is 0 Å². The smallest absolute Gasteiger partial charge is 0.264 e. The van der Waals surface area contributed by atoms with Crippen molar-refractivity contribution >= 4 is 22.4 Å². The summed E-state index contributed by atoms with van der Waals surface area (Å²) in [6.07, 6.45) is 0. The number of nitrogens with one attached hydrogen (secondary N) is 1. The molecule has 1 unspecified atom stereocenters. The van der Waals surface area contributed by atoms with Crippen molar-refractivity contribution in [1.82, 2.24) is 9.78 Å². The Balaban J connectivity index is 2.19. The van der Waals surface area contributed by atoms with E-state index in [-0.39, 0.29) is 5.56 Å². The first-order chi connectivity index (χ1) is 8.06. The van der Waals surface area contributed by atoms with Crippen LogP contribution in [0.3, 0.4) is 0 Å². The van der Waals surface area contributed by atoms with Crippen LogP contribution < -0.4 is 5.56 Å². The Kier molecular flexibility index (Phi) is 3.49. The van der Waals surface area contributed by atoms with Crippen LogP contribution in [0, 0.1) is 0 Å². The van der Waals surface area contributed by atoms with E-state index in [0.29, 0.717) is 21.4 Å². The van der Waals surface area contributed by atoms with Gasteiger partial charge in [-0.2, -0.15) is 0 Å². The molecule has 1 aromatic carbocycles. The topological polar surface area (TPSA) is 54.9 Å². The average Bonchev–Trinajstić information content (AvgIpc) is 2.58. The summed E-state index contributed by atoms with van der Waals surface area (Å²) in [5.74, 6) is 0.302. The summed E-state index contributed by atoms with van der Waals surface area (Å²) in [5.41, 5.74) is 0.527. The Morgan fingerprint density at radius 2 is 2.00 bits per heavy atom. The predicted octanol–water partition coefficient (Wildman–Crippen LogP) is 1.67. The molecule has 1 atom stereocenters. The van der Waals surface area contributed by atoms with Gasteiger partial charge in [-0.05, 0) is 24.3 Å². The maximum Gasteiger partial charge on any atom is 0.264 e. The molecule has 2 aromatic rings. The van der Waals surface area contributed by atoms with Crippen molar-refractivity contribution in [2.45, 2.75) is 10.6 Å². The lowest BCUT2D eigenvalue weighted by Crippen LogP contribution is -2.04. The molecular weight excluding hydrogens is 260 g/mol. The Morgan fingerprint density at radius 1 is 1.35 bits per heavy atom. The first kappa shape index (κ1) is 12.1. The zero-order valence-electron chi connectivity index (χ0n) is 9.14. The molecule has 90 valence electrons. The minimum Gasteiger partial charge on any atom is -0.291 e. The standard InChI is InChI=1S/C11H11ClN2O2S/c1-14-9(6-11(15)13-14)7-17(16)10-4-2-8(12)3-5-10/h2-6H,7H2,1H3,(H,13,15). The molecule has 1 heterocycles. The van der Waals surface area contributed by atoms with Crippen LogP contribution in [-0.4, -0.2) is 14.0 Å². The van der Waals surface area contributed by atoms with Crippen molar-refractivity contribution in [3.8, 4) is 0 Å². The second-order valence-corrected chi connectivity index (χ2v) is 5.50. The number of hydrogen-bond acceptors (Lipinski definition) is 2. The Bertz CT molecular complexity index is 601. The van der Waals surface area contributed by atoms with Gasteiger partial charge in [0.15, 0.2) is 0 Å². The average molecular weight is 271 g/mol. The minimum absolute atomic E-state index is 0.185. The third-order valence-electron chi connectivity index (χ3n) is 2.36. The van der Waals surface area contributed by atoms with Crippen LogP contribution in [0.1, 0.15) is 5.69 Å². The number of hydrogen-bond donors (Lipinski definition) is 1. The number of rotatable bonds is 3. The van der Waals surface area contributed by atoms with Gasteiger partial charge in [-0.1, -0.05) is 11.6 Å². The normalized spacial score (nSPS) is 12.6. The number of benzene rings is 1. The molecule has 4 nitrogen and oxygen atoms in total. The van der Waals surface area contributed by atoms with Gasteiger partial charge in [0.1, 0.15) is 0 Å². The van der Waals surface area contributed by atoms with Crippen LogP contribution in [0.2, 0.25) is 5.02 Å². The van der Waals surface area contributed by atoms with E-state index in [4.69, 9.17) is 11.6 Å². The fraction of sp³-hybridized carbons (Fsp3) is 0.182. The first-order valence-corrected chi connectivity index (χ1v) is 6.65. The van der Waals surface area contributed by atoms with E-state index in [1.807, 2.05) is 0 Å². The number of halogens is 1. The van der Waals surface area contributed by atoms with Gasteiger partial charge in [-0.15, -0.1) is 0 Å². The molecule has 6 heteroatoms. The number of H-pyrrole nitrogens is 1. The lowest BCUT2D eigenvalue weighted by Gasteiger charge is -2.03. The molecule has 0 aliphatic carbocycles. The molecule has 0 fully saturated rings. The van der Waals surface area contributed by atoms with E-state index in [1.165, 1.54) is 6.07 Å². The summed E-state index contributed by atoms with van der Waals surface area (Å²) in [5, 5.41) is 3.19. The molecule has 17 heavy (non-hydrogen) atoms. The highest BCUT2D eigenvalue weighted by Gasteiger charge is 2.08. The third kappa shape index (κ3) is 2.87. The number of aromatic amines is 1. The van der Waals surface area contributed by atoms with Crippen LogP contribution in [0.5, 0.6) is 0 Å². The van der Waals surface area contributed by atoms with Gasteiger partial charge in [-0.25, -0.2) is 0 Å². The maximum atomic E-state index is 12.0.